The second-order valence-corrected chi connectivity index (χ2v) is 34.5. The fourth-order valence-electron chi connectivity index (χ4n) is 19.9. The van der Waals surface area contributed by atoms with Crippen molar-refractivity contribution in [2.45, 2.75) is 0 Å². The van der Waals surface area contributed by atoms with Crippen molar-refractivity contribution in [2.75, 3.05) is 0 Å². The fourth-order valence-corrected chi connectivity index (χ4v) is 19.9. The van der Waals surface area contributed by atoms with Crippen molar-refractivity contribution in [3.8, 4) is 146 Å². The first-order valence-corrected chi connectivity index (χ1v) is 45.4. The SMILES string of the molecule is Fc1ccc(-c2cc(-c3ccc(-c4cccnc4)cc3)nc(-c3ccc4ccc5cccc6ccc3c4c56)n2)cc1.Fc1ccc(-c2cc(-c3cccc(-c4cccnc4)c3)nc(-c3ccc4ccc5cccc6ccc3c4c56)n2)cc1.c1cncc(-c2cccc(-c3cc(-c4ccc(-c5cc6ccccc6c6ccccc56)cc4)nc(-c4ccc5ccc6cccc7ccc4c5c67)n3)c2)c1. The molecule has 6 aromatic heterocycles. The lowest BCUT2D eigenvalue weighted by Crippen LogP contribution is -1.97. The van der Waals surface area contributed by atoms with Crippen LogP contribution in [0, 0.1) is 11.6 Å². The second kappa shape index (κ2) is 33.6. The molecular formula is C125H75F2N9. The normalized spacial score (nSPS) is 11.6. The van der Waals surface area contributed by atoms with Gasteiger partial charge < -0.3 is 0 Å². The van der Waals surface area contributed by atoms with Crippen LogP contribution in [-0.2, 0) is 0 Å². The number of benzene rings is 21. The van der Waals surface area contributed by atoms with Crippen molar-refractivity contribution < 1.29 is 8.78 Å². The van der Waals surface area contributed by atoms with Crippen molar-refractivity contribution in [3.63, 3.8) is 0 Å². The molecule has 0 aliphatic rings. The van der Waals surface area contributed by atoms with E-state index in [2.05, 4.69) is 336 Å². The molecule has 0 atom stereocenters. The summed E-state index contributed by atoms with van der Waals surface area (Å²) < 4.78 is 27.6. The molecule has 0 aliphatic heterocycles. The minimum Gasteiger partial charge on any atom is -0.264 e. The summed E-state index contributed by atoms with van der Waals surface area (Å²) in [5.41, 5.74) is 22.2. The monoisotopic (exact) mass is 1740 g/mol. The lowest BCUT2D eigenvalue weighted by molar-refractivity contribution is 0.627. The van der Waals surface area contributed by atoms with Crippen molar-refractivity contribution >= 4 is 118 Å². The summed E-state index contributed by atoms with van der Waals surface area (Å²) in [6.45, 7) is 0. The fraction of sp³-hybridized carbons (Fsp3) is 0. The Hall–Kier alpha value is -18.2. The highest BCUT2D eigenvalue weighted by atomic mass is 19.1. The maximum atomic E-state index is 13.8. The number of hydrogen-bond acceptors (Lipinski definition) is 9. The van der Waals surface area contributed by atoms with Gasteiger partial charge in [0.15, 0.2) is 17.5 Å². The molecule has 0 aliphatic carbocycles. The molecular weight excluding hydrogens is 1670 g/mol. The third-order valence-corrected chi connectivity index (χ3v) is 26.5. The molecule has 0 unspecified atom stereocenters. The zero-order valence-electron chi connectivity index (χ0n) is 73.1. The molecule has 0 saturated heterocycles. The van der Waals surface area contributed by atoms with Crippen LogP contribution in [0.5, 0.6) is 0 Å². The first-order valence-electron chi connectivity index (χ1n) is 45.4. The molecule has 0 fully saturated rings. The number of rotatable bonds is 13. The molecule has 21 aromatic carbocycles. The highest BCUT2D eigenvalue weighted by Crippen LogP contribution is 2.46. The van der Waals surface area contributed by atoms with Crippen LogP contribution in [0.3, 0.4) is 0 Å². The van der Waals surface area contributed by atoms with Crippen molar-refractivity contribution in [2.24, 2.45) is 0 Å². The lowest BCUT2D eigenvalue weighted by atomic mass is 9.91. The molecule has 27 rings (SSSR count). The van der Waals surface area contributed by atoms with Crippen molar-refractivity contribution in [1.82, 2.24) is 44.9 Å². The van der Waals surface area contributed by atoms with Gasteiger partial charge in [0.25, 0.3) is 0 Å². The summed E-state index contributed by atoms with van der Waals surface area (Å²) in [5.74, 6) is 1.42. The Bertz CT molecular complexity index is 9240. The standard InChI is InChI=1S/C51H31N3.2C37H22FN3/c1-2-14-41-38(8-1)29-46(43-16-4-3-15-42(41)43)32-17-19-33(20-18-32)47-30-48(39-12-6-11-37(28-39)40-13-7-27-52-31-40)54-51(53-47)45-26-24-36-22-21-34-9-5-10-35-23-25-44(45)50(36)49(34)35;38-30-15-11-23(12-16-30)33-21-34(28-7-2-6-27(20-28)29-8-3-19-39-22-29)41-37(40-33)32-18-14-26-10-9-24-4-1-5-25-13-17-31(32)36(26)35(24)25;38-30-16-12-25(13-17-30)34-21-33(24-8-6-23(7-9-24)29-5-2-20-39-22-29)40-37(41-34)32-19-15-28-11-10-26-3-1-4-27-14-18-31(32)36(28)35(26)27/h1-31H;2*1-22H. The van der Waals surface area contributed by atoms with Gasteiger partial charge in [0.2, 0.25) is 0 Å². The van der Waals surface area contributed by atoms with Crippen LogP contribution >= 0.6 is 0 Å². The zero-order chi connectivity index (χ0) is 90.3. The summed E-state index contributed by atoms with van der Waals surface area (Å²) in [7, 11) is 0. The van der Waals surface area contributed by atoms with Crippen LogP contribution < -0.4 is 0 Å². The largest absolute Gasteiger partial charge is 0.264 e. The highest BCUT2D eigenvalue weighted by molar-refractivity contribution is 6.28. The zero-order valence-corrected chi connectivity index (χ0v) is 73.1. The van der Waals surface area contributed by atoms with Gasteiger partial charge in [-0.25, -0.2) is 38.7 Å². The van der Waals surface area contributed by atoms with Crippen LogP contribution in [0.4, 0.5) is 8.78 Å². The van der Waals surface area contributed by atoms with Crippen molar-refractivity contribution in [1.29, 1.82) is 0 Å². The van der Waals surface area contributed by atoms with E-state index in [4.69, 9.17) is 29.9 Å². The minimum absolute atomic E-state index is 0.277. The topological polar surface area (TPSA) is 116 Å². The number of fused-ring (bicyclic) bond motifs is 3. The Kier molecular flexibility index (Phi) is 19.8. The summed E-state index contributed by atoms with van der Waals surface area (Å²) >= 11 is 0. The molecule has 27 aromatic rings. The van der Waals surface area contributed by atoms with Gasteiger partial charge >= 0.3 is 0 Å². The van der Waals surface area contributed by atoms with Gasteiger partial charge in [0, 0.05) is 98.4 Å². The Balaban J connectivity index is 0.000000110. The maximum Gasteiger partial charge on any atom is 0.161 e. The number of nitrogens with zero attached hydrogens (tertiary/aromatic N) is 9. The highest BCUT2D eigenvalue weighted by Gasteiger charge is 2.23. The third kappa shape index (κ3) is 14.6. The number of halogens is 2. The van der Waals surface area contributed by atoms with Crippen LogP contribution in [0.15, 0.2) is 456 Å². The van der Waals surface area contributed by atoms with Crippen LogP contribution in [0.25, 0.3) is 265 Å². The molecule has 136 heavy (non-hydrogen) atoms. The molecule has 0 amide bonds. The Morgan fingerprint density at radius 3 is 0.787 bits per heavy atom. The number of hydrogen-bond donors (Lipinski definition) is 0. The lowest BCUT2D eigenvalue weighted by Gasteiger charge is -2.15. The predicted molar refractivity (Wildman–Crippen MR) is 556 cm³/mol. The van der Waals surface area contributed by atoms with E-state index in [1.54, 1.807) is 42.9 Å². The smallest absolute Gasteiger partial charge is 0.161 e. The van der Waals surface area contributed by atoms with Gasteiger partial charge in [-0.1, -0.05) is 297 Å². The average molecular weight is 1740 g/mol. The van der Waals surface area contributed by atoms with Gasteiger partial charge in [-0.3, -0.25) is 15.0 Å². The summed E-state index contributed by atoms with van der Waals surface area (Å²) in [6, 6.07) is 143. The van der Waals surface area contributed by atoms with Crippen LogP contribution in [0.1, 0.15) is 0 Å². The van der Waals surface area contributed by atoms with E-state index in [0.29, 0.717) is 17.5 Å². The van der Waals surface area contributed by atoms with Crippen LogP contribution in [0.2, 0.25) is 0 Å². The number of pyridine rings is 3. The Labute approximate surface area is 780 Å². The molecule has 0 saturated carbocycles. The Morgan fingerprint density at radius 2 is 0.419 bits per heavy atom. The molecule has 634 valence electrons. The van der Waals surface area contributed by atoms with Gasteiger partial charge in [-0.2, -0.15) is 0 Å². The van der Waals surface area contributed by atoms with Gasteiger partial charge in [0.05, 0.1) is 34.2 Å². The predicted octanol–water partition coefficient (Wildman–Crippen LogP) is 32.6. The molecule has 9 nitrogen and oxygen atoms in total. The molecule has 0 radical (unpaired) electrons. The molecule has 11 heteroatoms. The van der Waals surface area contributed by atoms with E-state index in [9.17, 15) is 8.78 Å². The molecule has 6 heterocycles. The van der Waals surface area contributed by atoms with E-state index in [0.717, 1.165) is 134 Å². The third-order valence-electron chi connectivity index (χ3n) is 26.5. The molecule has 0 bridgehead atoms. The van der Waals surface area contributed by atoms with E-state index in [1.165, 1.54) is 138 Å². The molecule has 0 N–H and O–H groups in total. The van der Waals surface area contributed by atoms with Gasteiger partial charge in [0.1, 0.15) is 11.6 Å². The summed E-state index contributed by atoms with van der Waals surface area (Å²) in [4.78, 5) is 43.9. The summed E-state index contributed by atoms with van der Waals surface area (Å²) in [5, 5.41) is 26.8. The number of aromatic nitrogens is 9. The van der Waals surface area contributed by atoms with E-state index < -0.39 is 0 Å². The summed E-state index contributed by atoms with van der Waals surface area (Å²) in [6.07, 6.45) is 11.0. The Morgan fingerprint density at radius 1 is 0.147 bits per heavy atom. The minimum atomic E-state index is -0.279. The quantitative estimate of drug-likeness (QED) is 0.104. The van der Waals surface area contributed by atoms with Crippen LogP contribution in [-0.4, -0.2) is 44.9 Å². The molecule has 0 spiro atoms. The van der Waals surface area contributed by atoms with Gasteiger partial charge in [-0.15, -0.1) is 0 Å². The first kappa shape index (κ1) is 79.9. The van der Waals surface area contributed by atoms with E-state index >= 15 is 0 Å². The van der Waals surface area contributed by atoms with Gasteiger partial charge in [-0.05, 0) is 273 Å². The maximum absolute atomic E-state index is 13.8. The average Bonchev–Trinajstić information content (AvgIpc) is 0.735. The second-order valence-electron chi connectivity index (χ2n) is 34.5. The van der Waals surface area contributed by atoms with E-state index in [-0.39, 0.29) is 11.6 Å². The first-order chi connectivity index (χ1) is 67.2. The van der Waals surface area contributed by atoms with E-state index in [1.807, 2.05) is 67.1 Å². The van der Waals surface area contributed by atoms with Crippen molar-refractivity contribution in [3.05, 3.63) is 467 Å².